The number of hydrogen-bond donors (Lipinski definition) is 2. The quantitative estimate of drug-likeness (QED) is 0.324. The van der Waals surface area contributed by atoms with Gasteiger partial charge in [-0.25, -0.2) is 9.98 Å². The van der Waals surface area contributed by atoms with E-state index < -0.39 is 5.79 Å². The van der Waals surface area contributed by atoms with Crippen molar-refractivity contribution in [3.05, 3.63) is 0 Å². The molecular weight excluding hydrogens is 132 g/mol. The molecule has 1 heterocycles. The Hall–Kier alpha value is -1.23. The summed E-state index contributed by atoms with van der Waals surface area (Å²) in [6.45, 7) is 1.60. The molecule has 1 aliphatic rings. The summed E-state index contributed by atoms with van der Waals surface area (Å²) in [6, 6.07) is 0. The Morgan fingerprint density at radius 3 is 2.50 bits per heavy atom. The molecule has 0 aliphatic carbocycles. The van der Waals surface area contributed by atoms with Crippen molar-refractivity contribution in [2.75, 3.05) is 0 Å². The van der Waals surface area contributed by atoms with Gasteiger partial charge < -0.3 is 0 Å². The number of nitrogens with one attached hydrogen (secondary N) is 1. The molecule has 0 aromatic carbocycles. The summed E-state index contributed by atoms with van der Waals surface area (Å²) < 4.78 is 0. The van der Waals surface area contributed by atoms with Gasteiger partial charge in [0.2, 0.25) is 5.79 Å². The van der Waals surface area contributed by atoms with Crippen LogP contribution in [0.25, 0.3) is 0 Å². The molecule has 10 heavy (non-hydrogen) atoms. The molecule has 0 saturated carbocycles. The SMILES string of the molecule is CC1(N(O)C=N)N=CC=N1. The maximum atomic E-state index is 8.98. The molecule has 0 amide bonds. The lowest BCUT2D eigenvalue weighted by Gasteiger charge is -2.24. The lowest BCUT2D eigenvalue weighted by Crippen LogP contribution is -2.38. The summed E-state index contributed by atoms with van der Waals surface area (Å²) in [7, 11) is 0. The number of nitrogens with zero attached hydrogens (tertiary/aromatic N) is 3. The second kappa shape index (κ2) is 2.18. The van der Waals surface area contributed by atoms with Crippen molar-refractivity contribution in [2.24, 2.45) is 9.98 Å². The van der Waals surface area contributed by atoms with Crippen molar-refractivity contribution in [1.82, 2.24) is 5.06 Å². The highest BCUT2D eigenvalue weighted by Crippen LogP contribution is 2.16. The van der Waals surface area contributed by atoms with Gasteiger partial charge in [-0.15, -0.1) is 0 Å². The van der Waals surface area contributed by atoms with Crippen LogP contribution in [-0.4, -0.2) is 34.8 Å². The number of rotatable bonds is 2. The first kappa shape index (κ1) is 6.88. The van der Waals surface area contributed by atoms with Gasteiger partial charge in [-0.1, -0.05) is 0 Å². The molecule has 0 spiro atoms. The van der Waals surface area contributed by atoms with Gasteiger partial charge in [-0.3, -0.25) is 10.6 Å². The van der Waals surface area contributed by atoms with Gasteiger partial charge in [-0.2, -0.15) is 5.06 Å². The highest BCUT2D eigenvalue weighted by molar-refractivity contribution is 6.17. The summed E-state index contributed by atoms with van der Waals surface area (Å²) in [4.78, 5) is 7.63. The Bertz CT molecular complexity index is 186. The molecule has 0 atom stereocenters. The largest absolute Gasteiger partial charge is 0.289 e. The van der Waals surface area contributed by atoms with Crippen LogP contribution in [0.3, 0.4) is 0 Å². The van der Waals surface area contributed by atoms with E-state index in [2.05, 4.69) is 9.98 Å². The molecule has 1 rings (SSSR count). The van der Waals surface area contributed by atoms with E-state index in [-0.39, 0.29) is 0 Å². The third-order valence-electron chi connectivity index (χ3n) is 1.26. The summed E-state index contributed by atoms with van der Waals surface area (Å²) >= 11 is 0. The van der Waals surface area contributed by atoms with Gasteiger partial charge in [0.05, 0.1) is 0 Å². The molecule has 5 heteroatoms. The predicted molar refractivity (Wildman–Crippen MR) is 37.8 cm³/mol. The van der Waals surface area contributed by atoms with Gasteiger partial charge in [0.15, 0.2) is 0 Å². The molecule has 0 fully saturated rings. The number of hydrogen-bond acceptors (Lipinski definition) is 4. The van der Waals surface area contributed by atoms with Crippen LogP contribution in [0.15, 0.2) is 9.98 Å². The molecule has 0 radical (unpaired) electrons. The smallest absolute Gasteiger partial charge is 0.247 e. The van der Waals surface area contributed by atoms with E-state index in [1.165, 1.54) is 12.4 Å². The fourth-order valence-electron chi connectivity index (χ4n) is 0.623. The van der Waals surface area contributed by atoms with Crippen molar-refractivity contribution >= 4 is 18.8 Å². The molecule has 0 unspecified atom stereocenters. The second-order valence-electron chi connectivity index (χ2n) is 2.00. The topological polar surface area (TPSA) is 72.0 Å². The van der Waals surface area contributed by atoms with Crippen molar-refractivity contribution < 1.29 is 5.21 Å². The molecular formula is C5H8N4O. The van der Waals surface area contributed by atoms with Crippen LogP contribution >= 0.6 is 0 Å². The first-order valence-electron chi connectivity index (χ1n) is 2.77. The normalized spacial score (nSPS) is 19.4. The van der Waals surface area contributed by atoms with E-state index in [1.54, 1.807) is 6.92 Å². The molecule has 54 valence electrons. The zero-order chi connectivity index (χ0) is 7.61. The van der Waals surface area contributed by atoms with Gasteiger partial charge in [-0.05, 0) is 0 Å². The Morgan fingerprint density at radius 1 is 1.60 bits per heavy atom. The van der Waals surface area contributed by atoms with Crippen LogP contribution in [0.1, 0.15) is 6.92 Å². The lowest BCUT2D eigenvalue weighted by molar-refractivity contribution is -0.0864. The van der Waals surface area contributed by atoms with Crippen LogP contribution in [0.5, 0.6) is 0 Å². The van der Waals surface area contributed by atoms with Crippen LogP contribution in [0, 0.1) is 5.41 Å². The van der Waals surface area contributed by atoms with Crippen LogP contribution in [-0.2, 0) is 0 Å². The summed E-state index contributed by atoms with van der Waals surface area (Å²) in [6.07, 6.45) is 3.72. The van der Waals surface area contributed by atoms with Crippen LogP contribution in [0.4, 0.5) is 0 Å². The Morgan fingerprint density at radius 2 is 2.10 bits per heavy atom. The highest BCUT2D eigenvalue weighted by atomic mass is 16.5. The number of aliphatic imine (C=N–C) groups is 2. The minimum atomic E-state index is -1.01. The average Bonchev–Trinajstić information content (AvgIpc) is 2.36. The maximum absolute atomic E-state index is 8.98. The molecule has 5 nitrogen and oxygen atoms in total. The molecule has 0 bridgehead atoms. The van der Waals surface area contributed by atoms with Gasteiger partial charge >= 0.3 is 0 Å². The highest BCUT2D eigenvalue weighted by Gasteiger charge is 2.28. The van der Waals surface area contributed by atoms with E-state index >= 15 is 0 Å². The van der Waals surface area contributed by atoms with E-state index in [9.17, 15) is 0 Å². The third kappa shape index (κ3) is 0.906. The van der Waals surface area contributed by atoms with E-state index in [0.717, 1.165) is 6.34 Å². The fourth-order valence-corrected chi connectivity index (χ4v) is 0.623. The van der Waals surface area contributed by atoms with Crippen molar-refractivity contribution in [1.29, 1.82) is 5.41 Å². The van der Waals surface area contributed by atoms with E-state index in [1.807, 2.05) is 0 Å². The maximum Gasteiger partial charge on any atom is 0.247 e. The zero-order valence-corrected chi connectivity index (χ0v) is 5.52. The summed E-state index contributed by atoms with van der Waals surface area (Å²) in [5.74, 6) is -1.01. The van der Waals surface area contributed by atoms with E-state index in [0.29, 0.717) is 5.06 Å². The van der Waals surface area contributed by atoms with E-state index in [4.69, 9.17) is 10.6 Å². The first-order chi connectivity index (χ1) is 4.69. The number of hydroxylamine groups is 2. The monoisotopic (exact) mass is 140 g/mol. The fraction of sp³-hybridized carbons (Fsp3) is 0.400. The zero-order valence-electron chi connectivity index (χ0n) is 5.52. The van der Waals surface area contributed by atoms with Crippen LogP contribution in [0.2, 0.25) is 0 Å². The lowest BCUT2D eigenvalue weighted by atomic mass is 10.4. The molecule has 1 aliphatic heterocycles. The molecule has 0 aromatic heterocycles. The molecule has 0 aromatic rings. The molecule has 0 saturated heterocycles. The Labute approximate surface area is 58.2 Å². The van der Waals surface area contributed by atoms with Gasteiger partial charge in [0.25, 0.3) is 0 Å². The van der Waals surface area contributed by atoms with Crippen molar-refractivity contribution in [3.63, 3.8) is 0 Å². The summed E-state index contributed by atoms with van der Waals surface area (Å²) in [5.41, 5.74) is 0. The minimum absolute atomic E-state index is 0.632. The van der Waals surface area contributed by atoms with Gasteiger partial charge in [0, 0.05) is 19.4 Å². The predicted octanol–water partition coefficient (Wildman–Crippen LogP) is 0.114. The minimum Gasteiger partial charge on any atom is -0.289 e. The Kier molecular flexibility index (Phi) is 1.50. The Balaban J connectivity index is 2.78. The first-order valence-corrected chi connectivity index (χ1v) is 2.77. The van der Waals surface area contributed by atoms with Crippen molar-refractivity contribution in [2.45, 2.75) is 12.7 Å². The third-order valence-corrected chi connectivity index (χ3v) is 1.26. The van der Waals surface area contributed by atoms with Gasteiger partial charge in [0.1, 0.15) is 6.34 Å². The average molecular weight is 140 g/mol. The molecule has 2 N–H and O–H groups in total. The standard InChI is InChI=1S/C5H8N4O/c1-5(9(10)4-6)7-2-3-8-5/h2-4,6,10H,1H3. The summed E-state index contributed by atoms with van der Waals surface area (Å²) in [5, 5.41) is 16.3. The van der Waals surface area contributed by atoms with Crippen LogP contribution < -0.4 is 0 Å². The second-order valence-corrected chi connectivity index (χ2v) is 2.00. The van der Waals surface area contributed by atoms with Crippen molar-refractivity contribution in [3.8, 4) is 0 Å².